The lowest BCUT2D eigenvalue weighted by molar-refractivity contribution is 0.0698. The molecule has 3 N–H and O–H groups in total. The molecule has 0 radical (unpaired) electrons. The molecule has 0 aliphatic rings. The average Bonchev–Trinajstić information content (AvgIpc) is 2.38. The molecular weight excluding hydrogens is 307 g/mol. The van der Waals surface area contributed by atoms with Crippen LogP contribution < -0.4 is 5.32 Å². The molecule has 1 aromatic carbocycles. The summed E-state index contributed by atoms with van der Waals surface area (Å²) in [6.45, 7) is 2.04. The minimum Gasteiger partial charge on any atom is -0.478 e. The lowest BCUT2D eigenvalue weighted by atomic mass is 10.2. The summed E-state index contributed by atoms with van der Waals surface area (Å²) in [6, 6.07) is 1.99. The molecule has 0 atom stereocenters. The van der Waals surface area contributed by atoms with Crippen molar-refractivity contribution in [2.45, 2.75) is 6.92 Å². The number of urea groups is 1. The van der Waals surface area contributed by atoms with Crippen LogP contribution >= 0.6 is 23.2 Å². The monoisotopic (exact) mass is 320 g/mol. The Balaban J connectivity index is 3.08. The van der Waals surface area contributed by atoms with Gasteiger partial charge in [0.05, 0.1) is 22.9 Å². The summed E-state index contributed by atoms with van der Waals surface area (Å²) in [7, 11) is 0. The third-order valence-electron chi connectivity index (χ3n) is 2.56. The second-order valence-corrected chi connectivity index (χ2v) is 4.69. The molecule has 0 unspecified atom stereocenters. The zero-order valence-electron chi connectivity index (χ0n) is 10.7. The van der Waals surface area contributed by atoms with Crippen LogP contribution in [0.2, 0.25) is 10.0 Å². The normalized spacial score (nSPS) is 10.2. The highest BCUT2D eigenvalue weighted by molar-refractivity contribution is 6.37. The second kappa shape index (κ2) is 7.33. The molecule has 1 aromatic rings. The Bertz CT molecular complexity index is 522. The van der Waals surface area contributed by atoms with Crippen molar-refractivity contribution in [1.29, 1.82) is 0 Å². The van der Waals surface area contributed by atoms with E-state index in [1.165, 1.54) is 17.0 Å². The third-order valence-corrected chi connectivity index (χ3v) is 3.07. The maximum Gasteiger partial charge on any atom is 0.337 e. The van der Waals surface area contributed by atoms with Crippen molar-refractivity contribution in [1.82, 2.24) is 4.90 Å². The van der Waals surface area contributed by atoms with Crippen molar-refractivity contribution in [2.24, 2.45) is 0 Å². The van der Waals surface area contributed by atoms with Gasteiger partial charge in [-0.3, -0.25) is 0 Å². The summed E-state index contributed by atoms with van der Waals surface area (Å²) < 4.78 is 0. The molecule has 2 amide bonds. The molecule has 110 valence electrons. The number of hydrogen-bond acceptors (Lipinski definition) is 3. The van der Waals surface area contributed by atoms with Crippen LogP contribution in [0.25, 0.3) is 0 Å². The van der Waals surface area contributed by atoms with E-state index < -0.39 is 12.0 Å². The molecule has 0 aromatic heterocycles. The van der Waals surface area contributed by atoms with Gasteiger partial charge in [0.25, 0.3) is 0 Å². The first-order valence-electron chi connectivity index (χ1n) is 5.79. The van der Waals surface area contributed by atoms with Gasteiger partial charge < -0.3 is 20.4 Å². The summed E-state index contributed by atoms with van der Waals surface area (Å²) in [6.07, 6.45) is 0. The Morgan fingerprint density at radius 1 is 1.35 bits per heavy atom. The number of carboxylic acid groups (broad SMARTS) is 1. The number of benzene rings is 1. The summed E-state index contributed by atoms with van der Waals surface area (Å²) in [4.78, 5) is 24.4. The zero-order chi connectivity index (χ0) is 15.3. The highest BCUT2D eigenvalue weighted by atomic mass is 35.5. The number of aliphatic hydroxyl groups is 1. The van der Waals surface area contributed by atoms with Gasteiger partial charge in [-0.05, 0) is 19.1 Å². The molecule has 0 heterocycles. The molecule has 0 aliphatic heterocycles. The van der Waals surface area contributed by atoms with Crippen LogP contribution in [0.4, 0.5) is 10.5 Å². The molecule has 0 saturated heterocycles. The number of hydrogen-bond donors (Lipinski definition) is 3. The van der Waals surface area contributed by atoms with E-state index in [1.807, 2.05) is 0 Å². The fourth-order valence-corrected chi connectivity index (χ4v) is 2.12. The highest BCUT2D eigenvalue weighted by Crippen LogP contribution is 2.30. The topological polar surface area (TPSA) is 89.9 Å². The number of rotatable bonds is 5. The van der Waals surface area contributed by atoms with Crippen molar-refractivity contribution in [3.63, 3.8) is 0 Å². The first-order chi connectivity index (χ1) is 9.40. The molecule has 6 nitrogen and oxygen atoms in total. The maximum absolute atomic E-state index is 12.0. The fraction of sp³-hybridized carbons (Fsp3) is 0.333. The van der Waals surface area contributed by atoms with E-state index in [0.29, 0.717) is 6.54 Å². The Morgan fingerprint density at radius 3 is 2.50 bits per heavy atom. The number of carbonyl (C=O) groups is 2. The predicted molar refractivity (Wildman–Crippen MR) is 76.8 cm³/mol. The number of carbonyl (C=O) groups excluding carboxylic acids is 1. The van der Waals surface area contributed by atoms with Crippen LogP contribution in [-0.4, -0.2) is 46.8 Å². The average molecular weight is 321 g/mol. The van der Waals surface area contributed by atoms with Crippen LogP contribution in [0.5, 0.6) is 0 Å². The van der Waals surface area contributed by atoms with Gasteiger partial charge >= 0.3 is 12.0 Å². The van der Waals surface area contributed by atoms with E-state index in [0.717, 1.165) is 0 Å². The fourth-order valence-electron chi connectivity index (χ4n) is 1.58. The molecule has 0 bridgehead atoms. The number of aliphatic hydroxyl groups excluding tert-OH is 1. The van der Waals surface area contributed by atoms with Crippen molar-refractivity contribution in [3.05, 3.63) is 27.7 Å². The van der Waals surface area contributed by atoms with E-state index in [2.05, 4.69) is 5.32 Å². The standard InChI is InChI=1S/C12H14Cl2N2O4/c1-2-16(3-4-17)12(20)15-10-8(11(18)19)5-7(13)6-9(10)14/h5-6,17H,2-4H2,1H3,(H,15,20)(H,18,19). The number of anilines is 1. The van der Waals surface area contributed by atoms with Gasteiger partial charge in [-0.1, -0.05) is 23.2 Å². The van der Waals surface area contributed by atoms with Crippen molar-refractivity contribution >= 4 is 40.9 Å². The van der Waals surface area contributed by atoms with E-state index in [-0.39, 0.29) is 34.4 Å². The Hall–Kier alpha value is -1.50. The number of nitrogens with one attached hydrogen (secondary N) is 1. The Kier molecular flexibility index (Phi) is 6.06. The number of halogens is 2. The van der Waals surface area contributed by atoms with Crippen molar-refractivity contribution < 1.29 is 19.8 Å². The van der Waals surface area contributed by atoms with Crippen molar-refractivity contribution in [2.75, 3.05) is 25.0 Å². The first-order valence-corrected chi connectivity index (χ1v) is 6.55. The highest BCUT2D eigenvalue weighted by Gasteiger charge is 2.19. The number of nitrogens with zero attached hydrogens (tertiary/aromatic N) is 1. The summed E-state index contributed by atoms with van der Waals surface area (Å²) in [5.74, 6) is -1.25. The number of likely N-dealkylation sites (N-methyl/N-ethyl adjacent to an activating group) is 1. The molecular formula is C12H14Cl2N2O4. The third kappa shape index (κ3) is 4.00. The van der Waals surface area contributed by atoms with Gasteiger partial charge in [-0.2, -0.15) is 0 Å². The zero-order valence-corrected chi connectivity index (χ0v) is 12.2. The van der Waals surface area contributed by atoms with Crippen LogP contribution in [0.3, 0.4) is 0 Å². The lowest BCUT2D eigenvalue weighted by Crippen LogP contribution is -2.37. The van der Waals surface area contributed by atoms with Gasteiger partial charge in [0, 0.05) is 18.1 Å². The van der Waals surface area contributed by atoms with E-state index in [4.69, 9.17) is 33.4 Å². The second-order valence-electron chi connectivity index (χ2n) is 3.85. The van der Waals surface area contributed by atoms with E-state index in [9.17, 15) is 9.59 Å². The SMILES string of the molecule is CCN(CCO)C(=O)Nc1c(Cl)cc(Cl)cc1C(=O)O. The number of amides is 2. The molecule has 0 fully saturated rings. The molecule has 0 saturated carbocycles. The summed E-state index contributed by atoms with van der Waals surface area (Å²) in [5.41, 5.74) is -0.221. The molecule has 20 heavy (non-hydrogen) atoms. The van der Waals surface area contributed by atoms with E-state index >= 15 is 0 Å². The lowest BCUT2D eigenvalue weighted by Gasteiger charge is -2.21. The molecule has 8 heteroatoms. The largest absolute Gasteiger partial charge is 0.478 e. The van der Waals surface area contributed by atoms with Gasteiger partial charge in [-0.15, -0.1) is 0 Å². The first kappa shape index (κ1) is 16.6. The van der Waals surface area contributed by atoms with Crippen LogP contribution in [0.15, 0.2) is 12.1 Å². The van der Waals surface area contributed by atoms with Gasteiger partial charge in [0.2, 0.25) is 0 Å². The number of carboxylic acids is 1. The number of aromatic carboxylic acids is 1. The van der Waals surface area contributed by atoms with Gasteiger partial charge in [0.1, 0.15) is 0 Å². The summed E-state index contributed by atoms with van der Waals surface area (Å²) >= 11 is 11.7. The van der Waals surface area contributed by atoms with Crippen LogP contribution in [0, 0.1) is 0 Å². The minimum absolute atomic E-state index is 0.0232. The molecule has 1 rings (SSSR count). The smallest absolute Gasteiger partial charge is 0.337 e. The van der Waals surface area contributed by atoms with Crippen LogP contribution in [0.1, 0.15) is 17.3 Å². The Morgan fingerprint density at radius 2 is 2.00 bits per heavy atom. The van der Waals surface area contributed by atoms with Gasteiger partial charge in [-0.25, -0.2) is 9.59 Å². The predicted octanol–water partition coefficient (Wildman–Crippen LogP) is 2.54. The Labute approximate surface area is 125 Å². The van der Waals surface area contributed by atoms with Crippen molar-refractivity contribution in [3.8, 4) is 0 Å². The summed E-state index contributed by atoms with van der Waals surface area (Å²) in [5, 5.41) is 20.6. The molecule has 0 spiro atoms. The minimum atomic E-state index is -1.25. The quantitative estimate of drug-likeness (QED) is 0.777. The molecule has 0 aliphatic carbocycles. The van der Waals surface area contributed by atoms with Crippen LogP contribution in [-0.2, 0) is 0 Å². The van der Waals surface area contributed by atoms with Gasteiger partial charge in [0.15, 0.2) is 0 Å². The maximum atomic E-state index is 12.0. The van der Waals surface area contributed by atoms with E-state index in [1.54, 1.807) is 6.92 Å².